The Labute approximate surface area is 149 Å². The average molecular weight is 346 g/mol. The summed E-state index contributed by atoms with van der Waals surface area (Å²) in [5, 5.41) is 11.2. The van der Waals surface area contributed by atoms with E-state index in [2.05, 4.69) is 15.5 Å². The van der Waals surface area contributed by atoms with Crippen molar-refractivity contribution in [2.24, 2.45) is 5.41 Å². The van der Waals surface area contributed by atoms with Gasteiger partial charge in [-0.3, -0.25) is 5.10 Å². The maximum Gasteiger partial charge on any atom is 0.410 e. The molecule has 2 aliphatic carbocycles. The quantitative estimate of drug-likeness (QED) is 0.864. The number of nitrogens with one attached hydrogen (secondary N) is 2. The minimum Gasteiger partial charge on any atom is -0.444 e. The maximum atomic E-state index is 12.1. The SMILES string of the molecule is CC(C)(C)OC(=O)N1CC2(CCC(NC3CCc4cn[nH]c4C3)C2)C1. The molecular weight excluding hydrogens is 316 g/mol. The summed E-state index contributed by atoms with van der Waals surface area (Å²) in [5.41, 5.74) is 2.60. The number of likely N-dealkylation sites (tertiary alicyclic amines) is 1. The fraction of sp³-hybridized carbons (Fsp3) is 0.789. The second kappa shape index (κ2) is 6.01. The van der Waals surface area contributed by atoms with E-state index in [-0.39, 0.29) is 6.09 Å². The van der Waals surface area contributed by atoms with Crippen molar-refractivity contribution in [2.45, 2.75) is 77.0 Å². The lowest BCUT2D eigenvalue weighted by atomic mass is 9.78. The number of rotatable bonds is 2. The molecule has 0 aromatic carbocycles. The van der Waals surface area contributed by atoms with Crippen LogP contribution in [0.2, 0.25) is 0 Å². The van der Waals surface area contributed by atoms with Crippen LogP contribution >= 0.6 is 0 Å². The molecule has 0 radical (unpaired) electrons. The molecule has 1 aromatic heterocycles. The summed E-state index contributed by atoms with van der Waals surface area (Å²) in [4.78, 5) is 14.0. The number of carbonyl (C=O) groups excluding carboxylic acids is 1. The molecule has 2 unspecified atom stereocenters. The van der Waals surface area contributed by atoms with Gasteiger partial charge in [0.15, 0.2) is 0 Å². The summed E-state index contributed by atoms with van der Waals surface area (Å²) in [5.74, 6) is 0. The largest absolute Gasteiger partial charge is 0.444 e. The molecule has 6 nitrogen and oxygen atoms in total. The number of hydrogen-bond donors (Lipinski definition) is 2. The van der Waals surface area contributed by atoms with Crippen LogP contribution in [0.3, 0.4) is 0 Å². The molecular formula is C19H30N4O2. The number of amides is 1. The van der Waals surface area contributed by atoms with Crippen LogP contribution < -0.4 is 5.32 Å². The summed E-state index contributed by atoms with van der Waals surface area (Å²) in [7, 11) is 0. The Morgan fingerprint density at radius 1 is 1.36 bits per heavy atom. The second-order valence-electron chi connectivity index (χ2n) is 9.26. The van der Waals surface area contributed by atoms with E-state index in [0.717, 1.165) is 25.9 Å². The first-order valence-electron chi connectivity index (χ1n) is 9.57. The van der Waals surface area contributed by atoms with Crippen LogP contribution in [-0.4, -0.2) is 52.0 Å². The molecule has 0 bridgehead atoms. The second-order valence-corrected chi connectivity index (χ2v) is 9.26. The Morgan fingerprint density at radius 2 is 2.16 bits per heavy atom. The first-order chi connectivity index (χ1) is 11.8. The molecule has 3 aliphatic rings. The molecule has 25 heavy (non-hydrogen) atoms. The molecule has 1 saturated carbocycles. The van der Waals surface area contributed by atoms with Crippen LogP contribution in [0, 0.1) is 5.41 Å². The van der Waals surface area contributed by atoms with Gasteiger partial charge in [0.25, 0.3) is 0 Å². The molecule has 4 rings (SSSR count). The van der Waals surface area contributed by atoms with Gasteiger partial charge in [0.2, 0.25) is 0 Å². The minimum absolute atomic E-state index is 0.159. The van der Waals surface area contributed by atoms with Gasteiger partial charge in [-0.25, -0.2) is 4.79 Å². The first kappa shape index (κ1) is 16.9. The normalized spacial score (nSPS) is 27.9. The van der Waals surface area contributed by atoms with Crippen LogP contribution in [0.25, 0.3) is 0 Å². The lowest BCUT2D eigenvalue weighted by Gasteiger charge is -2.48. The lowest BCUT2D eigenvalue weighted by molar-refractivity contribution is -0.0327. The zero-order chi connectivity index (χ0) is 17.7. The fourth-order valence-electron chi connectivity index (χ4n) is 4.74. The fourth-order valence-corrected chi connectivity index (χ4v) is 4.74. The van der Waals surface area contributed by atoms with Gasteiger partial charge in [0, 0.05) is 42.7 Å². The highest BCUT2D eigenvalue weighted by Crippen LogP contribution is 2.46. The van der Waals surface area contributed by atoms with E-state index in [0.29, 0.717) is 17.5 Å². The Morgan fingerprint density at radius 3 is 2.92 bits per heavy atom. The third-order valence-electron chi connectivity index (χ3n) is 5.90. The Hall–Kier alpha value is -1.56. The summed E-state index contributed by atoms with van der Waals surface area (Å²) in [6.45, 7) is 7.48. The molecule has 138 valence electrons. The number of fused-ring (bicyclic) bond motifs is 1. The van der Waals surface area contributed by atoms with E-state index < -0.39 is 5.60 Å². The Bertz CT molecular complexity index is 642. The number of aromatic nitrogens is 2. The standard InChI is InChI=1S/C19H30N4O2/c1-18(2,3)25-17(24)23-11-19(12-23)7-6-15(9-19)21-14-5-4-13-10-20-22-16(13)8-14/h10,14-15,21H,4-9,11-12H2,1-3H3,(H,20,22). The molecule has 1 spiro atoms. The van der Waals surface area contributed by atoms with Gasteiger partial charge < -0.3 is 15.0 Å². The number of nitrogens with zero attached hydrogens (tertiary/aromatic N) is 2. The van der Waals surface area contributed by atoms with Crippen molar-refractivity contribution in [3.8, 4) is 0 Å². The summed E-state index contributed by atoms with van der Waals surface area (Å²) in [6, 6.07) is 1.13. The van der Waals surface area contributed by atoms with E-state index in [9.17, 15) is 4.79 Å². The highest BCUT2D eigenvalue weighted by Gasteiger charge is 2.50. The molecule has 1 aromatic rings. The third-order valence-corrected chi connectivity index (χ3v) is 5.90. The zero-order valence-corrected chi connectivity index (χ0v) is 15.6. The van der Waals surface area contributed by atoms with E-state index in [1.165, 1.54) is 36.9 Å². The first-order valence-corrected chi connectivity index (χ1v) is 9.57. The smallest absolute Gasteiger partial charge is 0.410 e. The van der Waals surface area contributed by atoms with E-state index in [1.807, 2.05) is 31.9 Å². The summed E-state index contributed by atoms with van der Waals surface area (Å²) in [6.07, 6.45) is 8.79. The molecule has 2 fully saturated rings. The predicted molar refractivity (Wildman–Crippen MR) is 95.4 cm³/mol. The van der Waals surface area contributed by atoms with Crippen LogP contribution in [0.4, 0.5) is 4.79 Å². The number of aryl methyl sites for hydroxylation is 1. The molecule has 6 heteroatoms. The zero-order valence-electron chi connectivity index (χ0n) is 15.6. The molecule has 2 N–H and O–H groups in total. The Kier molecular flexibility index (Phi) is 4.06. The van der Waals surface area contributed by atoms with E-state index in [1.54, 1.807) is 0 Å². The molecule has 1 amide bonds. The number of carbonyl (C=O) groups is 1. The van der Waals surface area contributed by atoms with Gasteiger partial charge >= 0.3 is 6.09 Å². The number of aromatic amines is 1. The number of ether oxygens (including phenoxy) is 1. The number of hydrogen-bond acceptors (Lipinski definition) is 4. The summed E-state index contributed by atoms with van der Waals surface area (Å²) < 4.78 is 5.48. The van der Waals surface area contributed by atoms with Crippen molar-refractivity contribution in [3.63, 3.8) is 0 Å². The van der Waals surface area contributed by atoms with Crippen molar-refractivity contribution in [2.75, 3.05) is 13.1 Å². The van der Waals surface area contributed by atoms with Gasteiger partial charge in [-0.1, -0.05) is 0 Å². The average Bonchev–Trinajstić information content (AvgIpc) is 3.10. The van der Waals surface area contributed by atoms with Crippen molar-refractivity contribution >= 4 is 6.09 Å². The van der Waals surface area contributed by atoms with Crippen LogP contribution in [-0.2, 0) is 17.6 Å². The minimum atomic E-state index is -0.411. The lowest BCUT2D eigenvalue weighted by Crippen LogP contribution is -2.58. The Balaban J connectivity index is 1.25. The van der Waals surface area contributed by atoms with E-state index in [4.69, 9.17) is 4.74 Å². The van der Waals surface area contributed by atoms with Crippen molar-refractivity contribution in [3.05, 3.63) is 17.5 Å². The molecule has 1 saturated heterocycles. The van der Waals surface area contributed by atoms with Gasteiger partial charge in [-0.05, 0) is 58.4 Å². The highest BCUT2D eigenvalue weighted by molar-refractivity contribution is 5.69. The molecule has 1 aliphatic heterocycles. The maximum absolute atomic E-state index is 12.1. The topological polar surface area (TPSA) is 70.2 Å². The summed E-state index contributed by atoms with van der Waals surface area (Å²) >= 11 is 0. The van der Waals surface area contributed by atoms with Crippen molar-refractivity contribution in [1.82, 2.24) is 20.4 Å². The van der Waals surface area contributed by atoms with Gasteiger partial charge in [0.1, 0.15) is 5.60 Å². The third kappa shape index (κ3) is 3.54. The van der Waals surface area contributed by atoms with Crippen LogP contribution in [0.1, 0.15) is 57.7 Å². The van der Waals surface area contributed by atoms with Crippen LogP contribution in [0.5, 0.6) is 0 Å². The van der Waals surface area contributed by atoms with Crippen LogP contribution in [0.15, 0.2) is 6.20 Å². The predicted octanol–water partition coefficient (Wildman–Crippen LogP) is 2.65. The van der Waals surface area contributed by atoms with Crippen molar-refractivity contribution < 1.29 is 9.53 Å². The van der Waals surface area contributed by atoms with E-state index >= 15 is 0 Å². The molecule has 2 heterocycles. The molecule has 2 atom stereocenters. The number of H-pyrrole nitrogens is 1. The highest BCUT2D eigenvalue weighted by atomic mass is 16.6. The van der Waals surface area contributed by atoms with Gasteiger partial charge in [-0.2, -0.15) is 5.10 Å². The van der Waals surface area contributed by atoms with Gasteiger partial charge in [-0.15, -0.1) is 0 Å². The van der Waals surface area contributed by atoms with Crippen molar-refractivity contribution in [1.29, 1.82) is 0 Å². The monoisotopic (exact) mass is 346 g/mol. The van der Waals surface area contributed by atoms with Gasteiger partial charge in [0.05, 0.1) is 6.20 Å².